The van der Waals surface area contributed by atoms with Gasteiger partial charge in [0.2, 0.25) is 0 Å². The van der Waals surface area contributed by atoms with Crippen LogP contribution in [0.3, 0.4) is 0 Å². The SMILES string of the molecule is COc1ccc(C=Nc2ccc(C(=O)Oc3ccc(Br)cc3)cc2)cc1. The number of halogens is 1. The largest absolute Gasteiger partial charge is 0.497 e. The van der Waals surface area contributed by atoms with Gasteiger partial charge in [-0.3, -0.25) is 4.99 Å². The first-order valence-corrected chi connectivity index (χ1v) is 8.69. The maximum atomic E-state index is 12.2. The number of carbonyl (C=O) groups excluding carboxylic acids is 1. The maximum Gasteiger partial charge on any atom is 0.343 e. The number of nitrogens with zero attached hydrogens (tertiary/aromatic N) is 1. The van der Waals surface area contributed by atoms with Crippen LogP contribution in [0.25, 0.3) is 0 Å². The van der Waals surface area contributed by atoms with Gasteiger partial charge >= 0.3 is 5.97 Å². The maximum absolute atomic E-state index is 12.2. The van der Waals surface area contributed by atoms with Gasteiger partial charge in [-0.2, -0.15) is 0 Å². The van der Waals surface area contributed by atoms with Crippen molar-refractivity contribution in [3.63, 3.8) is 0 Å². The van der Waals surface area contributed by atoms with Crippen molar-refractivity contribution in [2.75, 3.05) is 7.11 Å². The second kappa shape index (κ2) is 8.45. The molecule has 0 saturated carbocycles. The van der Waals surface area contributed by atoms with Crippen molar-refractivity contribution in [3.8, 4) is 11.5 Å². The van der Waals surface area contributed by atoms with Crippen molar-refractivity contribution < 1.29 is 14.3 Å². The summed E-state index contributed by atoms with van der Waals surface area (Å²) in [5.41, 5.74) is 2.18. The second-order valence-corrected chi connectivity index (χ2v) is 6.34. The molecule has 0 heterocycles. The van der Waals surface area contributed by atoms with Crippen LogP contribution in [0.1, 0.15) is 15.9 Å². The summed E-state index contributed by atoms with van der Waals surface area (Å²) in [6.45, 7) is 0. The quantitative estimate of drug-likeness (QED) is 0.320. The fourth-order valence-electron chi connectivity index (χ4n) is 2.19. The monoisotopic (exact) mass is 409 g/mol. The van der Waals surface area contributed by atoms with Gasteiger partial charge in [-0.1, -0.05) is 15.9 Å². The van der Waals surface area contributed by atoms with Crippen LogP contribution in [-0.2, 0) is 0 Å². The van der Waals surface area contributed by atoms with Gasteiger partial charge in [0.05, 0.1) is 18.4 Å². The molecule has 0 amide bonds. The highest BCUT2D eigenvalue weighted by molar-refractivity contribution is 9.10. The first-order chi connectivity index (χ1) is 12.6. The average Bonchev–Trinajstić information content (AvgIpc) is 2.69. The fraction of sp³-hybridized carbons (Fsp3) is 0.0476. The molecule has 5 heteroatoms. The highest BCUT2D eigenvalue weighted by Crippen LogP contribution is 2.19. The molecular weight excluding hydrogens is 394 g/mol. The van der Waals surface area contributed by atoms with E-state index in [1.165, 1.54) is 0 Å². The molecule has 0 bridgehead atoms. The number of esters is 1. The lowest BCUT2D eigenvalue weighted by molar-refractivity contribution is 0.0735. The third-order valence-corrected chi connectivity index (χ3v) is 4.13. The smallest absolute Gasteiger partial charge is 0.343 e. The molecule has 3 aromatic rings. The van der Waals surface area contributed by atoms with Crippen LogP contribution >= 0.6 is 15.9 Å². The first kappa shape index (κ1) is 17.9. The highest BCUT2D eigenvalue weighted by Gasteiger charge is 2.08. The van der Waals surface area contributed by atoms with E-state index in [4.69, 9.17) is 9.47 Å². The number of methoxy groups -OCH3 is 1. The Balaban J connectivity index is 1.64. The van der Waals surface area contributed by atoms with Crippen molar-refractivity contribution in [2.45, 2.75) is 0 Å². The number of hydrogen-bond acceptors (Lipinski definition) is 4. The van der Waals surface area contributed by atoms with Gasteiger partial charge in [0.25, 0.3) is 0 Å². The molecule has 3 rings (SSSR count). The summed E-state index contributed by atoms with van der Waals surface area (Å²) in [6, 6.07) is 21.6. The zero-order chi connectivity index (χ0) is 18.4. The number of rotatable bonds is 5. The van der Waals surface area contributed by atoms with Crippen LogP contribution < -0.4 is 9.47 Å². The number of carbonyl (C=O) groups is 1. The zero-order valence-corrected chi connectivity index (χ0v) is 15.6. The molecular formula is C21H16BrNO3. The molecule has 0 fully saturated rings. The molecule has 0 radical (unpaired) electrons. The third-order valence-electron chi connectivity index (χ3n) is 3.61. The molecule has 0 N–H and O–H groups in total. The summed E-state index contributed by atoms with van der Waals surface area (Å²) in [7, 11) is 1.63. The zero-order valence-electron chi connectivity index (χ0n) is 14.1. The van der Waals surface area contributed by atoms with Gasteiger partial charge in [0, 0.05) is 10.7 Å². The molecule has 0 aromatic heterocycles. The molecule has 0 aliphatic carbocycles. The summed E-state index contributed by atoms with van der Waals surface area (Å²) in [4.78, 5) is 16.6. The van der Waals surface area contributed by atoms with E-state index >= 15 is 0 Å². The van der Waals surface area contributed by atoms with Crippen LogP contribution in [0.5, 0.6) is 11.5 Å². The van der Waals surface area contributed by atoms with E-state index in [2.05, 4.69) is 20.9 Å². The van der Waals surface area contributed by atoms with E-state index in [1.54, 1.807) is 49.7 Å². The van der Waals surface area contributed by atoms with E-state index in [0.717, 1.165) is 21.5 Å². The molecule has 0 aliphatic heterocycles. The van der Waals surface area contributed by atoms with Crippen LogP contribution in [0.15, 0.2) is 82.3 Å². The minimum absolute atomic E-state index is 0.405. The lowest BCUT2D eigenvalue weighted by Crippen LogP contribution is -2.07. The highest BCUT2D eigenvalue weighted by atomic mass is 79.9. The second-order valence-electron chi connectivity index (χ2n) is 5.42. The van der Waals surface area contributed by atoms with Gasteiger partial charge < -0.3 is 9.47 Å². The van der Waals surface area contributed by atoms with Crippen molar-refractivity contribution in [1.29, 1.82) is 0 Å². The standard InChI is InChI=1S/C21H16BrNO3/c1-25-19-10-2-15(3-11-19)14-23-18-8-4-16(5-9-18)21(24)26-20-12-6-17(22)7-13-20/h2-14H,1H3. The number of benzene rings is 3. The van der Waals surface area contributed by atoms with Crippen LogP contribution in [0.4, 0.5) is 5.69 Å². The lowest BCUT2D eigenvalue weighted by atomic mass is 10.2. The summed E-state index contributed by atoms with van der Waals surface area (Å²) < 4.78 is 11.4. The van der Waals surface area contributed by atoms with E-state index < -0.39 is 5.97 Å². The Morgan fingerprint density at radius 3 is 2.12 bits per heavy atom. The van der Waals surface area contributed by atoms with Crippen molar-refractivity contribution in [1.82, 2.24) is 0 Å². The first-order valence-electron chi connectivity index (χ1n) is 7.90. The van der Waals surface area contributed by atoms with Crippen LogP contribution in [0, 0.1) is 0 Å². The Hall–Kier alpha value is -2.92. The predicted molar refractivity (Wildman–Crippen MR) is 106 cm³/mol. The van der Waals surface area contributed by atoms with Crippen molar-refractivity contribution in [3.05, 3.63) is 88.4 Å². The molecule has 0 aliphatic rings. The average molecular weight is 410 g/mol. The summed E-state index contributed by atoms with van der Waals surface area (Å²) in [5, 5.41) is 0. The fourth-order valence-corrected chi connectivity index (χ4v) is 2.46. The van der Waals surface area contributed by atoms with Gasteiger partial charge in [-0.05, 0) is 78.4 Å². The van der Waals surface area contributed by atoms with E-state index in [1.807, 2.05) is 36.4 Å². The number of hydrogen-bond donors (Lipinski definition) is 0. The van der Waals surface area contributed by atoms with Gasteiger partial charge in [-0.15, -0.1) is 0 Å². The molecule has 3 aromatic carbocycles. The molecule has 0 atom stereocenters. The summed E-state index contributed by atoms with van der Waals surface area (Å²) in [5.74, 6) is 0.897. The molecule has 4 nitrogen and oxygen atoms in total. The number of ether oxygens (including phenoxy) is 2. The summed E-state index contributed by atoms with van der Waals surface area (Å²) in [6.07, 6.45) is 1.76. The van der Waals surface area contributed by atoms with E-state index in [-0.39, 0.29) is 0 Å². The topological polar surface area (TPSA) is 47.9 Å². The molecule has 26 heavy (non-hydrogen) atoms. The Labute approximate surface area is 160 Å². The predicted octanol–water partition coefficient (Wildman–Crippen LogP) is 5.43. The lowest BCUT2D eigenvalue weighted by Gasteiger charge is -2.04. The molecule has 0 unspecified atom stereocenters. The molecule has 0 spiro atoms. The van der Waals surface area contributed by atoms with Crippen molar-refractivity contribution in [2.24, 2.45) is 4.99 Å². The molecule has 0 saturated heterocycles. The Kier molecular flexibility index (Phi) is 5.81. The summed E-state index contributed by atoms with van der Waals surface area (Å²) >= 11 is 3.34. The Morgan fingerprint density at radius 2 is 1.50 bits per heavy atom. The molecule has 130 valence electrons. The van der Waals surface area contributed by atoms with Crippen LogP contribution in [0.2, 0.25) is 0 Å². The normalized spacial score (nSPS) is 10.7. The van der Waals surface area contributed by atoms with Gasteiger partial charge in [0.15, 0.2) is 0 Å². The Bertz CT molecular complexity index is 901. The minimum atomic E-state index is -0.405. The third kappa shape index (κ3) is 4.80. The van der Waals surface area contributed by atoms with Crippen molar-refractivity contribution >= 4 is 33.8 Å². The number of aliphatic imine (C=N–C) groups is 1. The van der Waals surface area contributed by atoms with Crippen LogP contribution in [-0.4, -0.2) is 19.3 Å². The van der Waals surface area contributed by atoms with Gasteiger partial charge in [-0.25, -0.2) is 4.79 Å². The van der Waals surface area contributed by atoms with Gasteiger partial charge in [0.1, 0.15) is 11.5 Å². The Morgan fingerprint density at radius 1 is 0.885 bits per heavy atom. The van der Waals surface area contributed by atoms with E-state index in [9.17, 15) is 4.79 Å². The van der Waals surface area contributed by atoms with E-state index in [0.29, 0.717) is 11.3 Å². The minimum Gasteiger partial charge on any atom is -0.497 e.